The third-order valence-corrected chi connectivity index (χ3v) is 6.54. The molecule has 3 amide bonds. The summed E-state index contributed by atoms with van der Waals surface area (Å²) in [5, 5.41) is 15.8. The van der Waals surface area contributed by atoms with Gasteiger partial charge in [-0.3, -0.25) is 19.8 Å². The molecule has 2 aromatic carbocycles. The Morgan fingerprint density at radius 1 is 0.914 bits per heavy atom. The standard InChI is InChI=1S/C18H17N7O7S3/c19-18(33)24-23-14-13(15(26)22-9-1-5-11(6-2-9)34(20,29)30)16(27)25(17(14)28)10-3-7-12(8-4-10)35(21,31)32/h1-8,13H,(H,22,26)(H3,19,24,33)(H2,20,29,30)(H2,21,31,32)/b23-14+/t13-/m1/s1. The molecule has 0 aromatic heterocycles. The number of thiocarbonyl (C=S) groups is 1. The van der Waals surface area contributed by atoms with Crippen LogP contribution in [-0.4, -0.2) is 45.4 Å². The smallest absolute Gasteiger partial charge is 0.282 e. The number of nitrogens with zero attached hydrogens (tertiary/aromatic N) is 2. The van der Waals surface area contributed by atoms with Crippen LogP contribution >= 0.6 is 12.2 Å². The van der Waals surface area contributed by atoms with Crippen molar-refractivity contribution in [2.75, 3.05) is 10.2 Å². The van der Waals surface area contributed by atoms with Gasteiger partial charge in [0, 0.05) is 5.69 Å². The Bertz CT molecular complexity index is 1470. The van der Waals surface area contributed by atoms with Crippen molar-refractivity contribution in [3.63, 3.8) is 0 Å². The molecule has 1 atom stereocenters. The SMILES string of the molecule is NC(=S)N/N=C1/C(=O)N(c2ccc(S(N)(=O)=O)cc2)C(=O)[C@H]1C(=O)Nc1ccc(S(N)(=O)=O)cc1. The molecule has 14 nitrogen and oxygen atoms in total. The number of rotatable bonds is 6. The average molecular weight is 540 g/mol. The first-order valence-corrected chi connectivity index (χ1v) is 12.8. The maximum absolute atomic E-state index is 13.1. The Hall–Kier alpha value is -3.77. The van der Waals surface area contributed by atoms with Gasteiger partial charge in [0.15, 0.2) is 11.0 Å². The Morgan fingerprint density at radius 3 is 1.86 bits per heavy atom. The average Bonchev–Trinajstić information content (AvgIpc) is 3.00. The predicted molar refractivity (Wildman–Crippen MR) is 128 cm³/mol. The second kappa shape index (κ2) is 9.47. The Morgan fingerprint density at radius 2 is 1.40 bits per heavy atom. The predicted octanol–water partition coefficient (Wildman–Crippen LogP) is -1.70. The summed E-state index contributed by atoms with van der Waals surface area (Å²) in [5.74, 6) is -4.72. The maximum Gasteiger partial charge on any atom is 0.282 e. The van der Waals surface area contributed by atoms with Crippen molar-refractivity contribution >= 4 is 72.2 Å². The van der Waals surface area contributed by atoms with E-state index in [9.17, 15) is 31.2 Å². The van der Waals surface area contributed by atoms with Crippen molar-refractivity contribution in [1.29, 1.82) is 0 Å². The number of nitrogens with two attached hydrogens (primary N) is 3. The summed E-state index contributed by atoms with van der Waals surface area (Å²) in [6.45, 7) is 0. The van der Waals surface area contributed by atoms with Crippen LogP contribution in [0.1, 0.15) is 0 Å². The highest BCUT2D eigenvalue weighted by Gasteiger charge is 2.50. The van der Waals surface area contributed by atoms with E-state index in [0.717, 1.165) is 36.4 Å². The van der Waals surface area contributed by atoms with Gasteiger partial charge in [-0.25, -0.2) is 32.0 Å². The first-order valence-electron chi connectivity index (χ1n) is 9.28. The number of hydrogen-bond donors (Lipinski definition) is 5. The molecule has 3 rings (SSSR count). The second-order valence-electron chi connectivity index (χ2n) is 6.98. The van der Waals surface area contributed by atoms with Gasteiger partial charge in [0.05, 0.1) is 15.5 Å². The van der Waals surface area contributed by atoms with Gasteiger partial charge < -0.3 is 11.1 Å². The summed E-state index contributed by atoms with van der Waals surface area (Å²) in [6, 6.07) is 9.19. The van der Waals surface area contributed by atoms with E-state index in [1.165, 1.54) is 12.1 Å². The summed E-state index contributed by atoms with van der Waals surface area (Å²) >= 11 is 4.64. The number of nitrogens with one attached hydrogen (secondary N) is 2. The number of primary sulfonamides is 2. The van der Waals surface area contributed by atoms with Crippen molar-refractivity contribution < 1.29 is 31.2 Å². The van der Waals surface area contributed by atoms with E-state index in [2.05, 4.69) is 28.1 Å². The molecule has 0 radical (unpaired) electrons. The zero-order valence-electron chi connectivity index (χ0n) is 17.4. The Kier molecular flexibility index (Phi) is 6.99. The van der Waals surface area contributed by atoms with E-state index >= 15 is 0 Å². The highest BCUT2D eigenvalue weighted by atomic mass is 32.2. The van der Waals surface area contributed by atoms with Gasteiger partial charge in [-0.15, -0.1) is 0 Å². The fourth-order valence-corrected chi connectivity index (χ4v) is 4.10. The number of hydrazone groups is 1. The lowest BCUT2D eigenvalue weighted by atomic mass is 10.0. The van der Waals surface area contributed by atoms with Gasteiger partial charge in [0.1, 0.15) is 5.71 Å². The molecule has 0 unspecified atom stereocenters. The zero-order chi connectivity index (χ0) is 26.1. The quantitative estimate of drug-likeness (QED) is 0.121. The highest BCUT2D eigenvalue weighted by Crippen LogP contribution is 2.27. The molecule has 1 heterocycles. The van der Waals surface area contributed by atoms with Crippen LogP contribution in [0.15, 0.2) is 63.4 Å². The van der Waals surface area contributed by atoms with Crippen LogP contribution in [0.4, 0.5) is 11.4 Å². The minimum Gasteiger partial charge on any atom is -0.375 e. The van der Waals surface area contributed by atoms with Gasteiger partial charge >= 0.3 is 0 Å². The largest absolute Gasteiger partial charge is 0.375 e. The molecule has 8 N–H and O–H groups in total. The number of anilines is 2. The normalized spacial score (nSPS) is 17.5. The summed E-state index contributed by atoms with van der Waals surface area (Å²) in [5.41, 5.74) is 6.98. The fraction of sp³-hybridized carbons (Fsp3) is 0.0556. The molecule has 0 spiro atoms. The molecular formula is C18H17N7O7S3. The molecule has 35 heavy (non-hydrogen) atoms. The Labute approximate surface area is 204 Å². The van der Waals surface area contributed by atoms with Crippen molar-refractivity contribution in [2.45, 2.75) is 9.79 Å². The van der Waals surface area contributed by atoms with Crippen LogP contribution in [0.25, 0.3) is 0 Å². The minimum atomic E-state index is -4.03. The summed E-state index contributed by atoms with van der Waals surface area (Å²) in [6.07, 6.45) is 0. The fourth-order valence-electron chi connectivity index (χ4n) is 3.02. The monoisotopic (exact) mass is 539 g/mol. The third-order valence-electron chi connectivity index (χ3n) is 4.59. The van der Waals surface area contributed by atoms with Crippen LogP contribution < -0.4 is 31.7 Å². The van der Waals surface area contributed by atoms with Crippen molar-refractivity contribution in [3.8, 4) is 0 Å². The van der Waals surface area contributed by atoms with Crippen LogP contribution in [0.2, 0.25) is 0 Å². The molecule has 1 fully saturated rings. The zero-order valence-corrected chi connectivity index (χ0v) is 19.9. The summed E-state index contributed by atoms with van der Waals surface area (Å²) in [4.78, 5) is 39.2. The number of carbonyl (C=O) groups is 3. The second-order valence-corrected chi connectivity index (χ2v) is 10.5. The van der Waals surface area contributed by atoms with Gasteiger partial charge in [0.2, 0.25) is 26.0 Å². The molecule has 1 aliphatic heterocycles. The van der Waals surface area contributed by atoms with Crippen LogP contribution in [0.5, 0.6) is 0 Å². The topological polar surface area (TPSA) is 237 Å². The van der Waals surface area contributed by atoms with Crippen LogP contribution in [0, 0.1) is 5.92 Å². The molecule has 0 saturated carbocycles. The third kappa shape index (κ3) is 5.66. The number of amides is 3. The highest BCUT2D eigenvalue weighted by molar-refractivity contribution is 7.89. The maximum atomic E-state index is 13.1. The van der Waals surface area contributed by atoms with Crippen molar-refractivity contribution in [1.82, 2.24) is 5.43 Å². The molecule has 2 aromatic rings. The first-order chi connectivity index (χ1) is 16.2. The van der Waals surface area contributed by atoms with Crippen LogP contribution in [-0.2, 0) is 34.4 Å². The van der Waals surface area contributed by atoms with Crippen LogP contribution in [0.3, 0.4) is 0 Å². The van der Waals surface area contributed by atoms with E-state index in [1.54, 1.807) is 0 Å². The van der Waals surface area contributed by atoms with Gasteiger partial charge in [-0.05, 0) is 60.7 Å². The molecule has 1 saturated heterocycles. The van der Waals surface area contributed by atoms with Crippen molar-refractivity contribution in [3.05, 3.63) is 48.5 Å². The molecule has 0 aliphatic carbocycles. The molecule has 184 valence electrons. The Balaban J connectivity index is 1.95. The summed E-state index contributed by atoms with van der Waals surface area (Å²) in [7, 11) is -8.00. The first kappa shape index (κ1) is 25.8. The van der Waals surface area contributed by atoms with Gasteiger partial charge in [-0.2, -0.15) is 5.10 Å². The lowest BCUT2D eigenvalue weighted by Crippen LogP contribution is -2.35. The number of sulfonamides is 2. The van der Waals surface area contributed by atoms with Crippen molar-refractivity contribution in [2.24, 2.45) is 27.0 Å². The van der Waals surface area contributed by atoms with E-state index in [-0.39, 0.29) is 26.3 Å². The summed E-state index contributed by atoms with van der Waals surface area (Å²) < 4.78 is 45.7. The lowest BCUT2D eigenvalue weighted by molar-refractivity contribution is -0.127. The molecule has 17 heteroatoms. The number of imide groups is 1. The number of carbonyl (C=O) groups excluding carboxylic acids is 3. The number of hydrogen-bond acceptors (Lipinski definition) is 9. The van der Waals surface area contributed by atoms with E-state index in [0.29, 0.717) is 4.90 Å². The van der Waals surface area contributed by atoms with Gasteiger partial charge in [0.25, 0.3) is 11.8 Å². The van der Waals surface area contributed by atoms with E-state index < -0.39 is 49.4 Å². The molecule has 0 bridgehead atoms. The molecule has 1 aliphatic rings. The molecular weight excluding hydrogens is 522 g/mol. The van der Waals surface area contributed by atoms with Gasteiger partial charge in [-0.1, -0.05) is 0 Å². The number of benzene rings is 2. The minimum absolute atomic E-state index is 0.0526. The van der Waals surface area contributed by atoms with E-state index in [4.69, 9.17) is 16.0 Å². The van der Waals surface area contributed by atoms with E-state index in [1.807, 2.05) is 0 Å². The lowest BCUT2D eigenvalue weighted by Gasteiger charge is -2.14.